The highest BCUT2D eigenvalue weighted by molar-refractivity contribution is 7.12. The molecule has 146 valence electrons. The molecule has 1 heterocycles. The zero-order valence-electron chi connectivity index (χ0n) is 15.5. The van der Waals surface area contributed by atoms with E-state index in [2.05, 4.69) is 10.6 Å². The molecule has 29 heavy (non-hydrogen) atoms. The molecule has 1 atom stereocenters. The van der Waals surface area contributed by atoms with Crippen molar-refractivity contribution in [3.8, 4) is 11.8 Å². The molecule has 0 saturated heterocycles. The molecular formula is C22H19N3O3S. The highest BCUT2D eigenvalue weighted by Gasteiger charge is 2.22. The Morgan fingerprint density at radius 2 is 1.79 bits per heavy atom. The van der Waals surface area contributed by atoms with Gasteiger partial charge in [-0.15, -0.1) is 11.3 Å². The fourth-order valence-corrected chi connectivity index (χ4v) is 3.30. The predicted molar refractivity (Wildman–Crippen MR) is 112 cm³/mol. The molecule has 0 aliphatic carbocycles. The van der Waals surface area contributed by atoms with Crippen molar-refractivity contribution in [1.82, 2.24) is 5.32 Å². The standard InChI is InChI=1S/C22H19N3O3S/c23-12-13-28-18-10-8-17(9-11-18)24-21(26)19(15-16-5-2-1-3-6-16)25-22(27)20-7-4-14-29-20/h1-11,14,19H,13,15H2,(H,24,26)(H,25,27)/t19-/m0/s1. The number of nitrogens with zero attached hydrogens (tertiary/aromatic N) is 1. The van der Waals surface area contributed by atoms with Crippen LogP contribution < -0.4 is 15.4 Å². The molecule has 0 radical (unpaired) electrons. The third-order valence-electron chi connectivity index (χ3n) is 4.07. The van der Waals surface area contributed by atoms with Crippen LogP contribution in [0, 0.1) is 11.3 Å². The average Bonchev–Trinajstić information content (AvgIpc) is 3.28. The molecule has 2 N–H and O–H groups in total. The number of hydrogen-bond acceptors (Lipinski definition) is 5. The van der Waals surface area contributed by atoms with Crippen molar-refractivity contribution in [3.63, 3.8) is 0 Å². The number of nitrogens with one attached hydrogen (secondary N) is 2. The molecule has 0 saturated carbocycles. The molecule has 0 aliphatic heterocycles. The number of nitriles is 1. The third-order valence-corrected chi connectivity index (χ3v) is 4.94. The first kappa shape index (κ1) is 20.1. The third kappa shape index (κ3) is 5.92. The smallest absolute Gasteiger partial charge is 0.262 e. The Hall–Kier alpha value is -3.63. The van der Waals surface area contributed by atoms with Gasteiger partial charge in [-0.2, -0.15) is 5.26 Å². The molecular weight excluding hydrogens is 386 g/mol. The first-order valence-corrected chi connectivity index (χ1v) is 9.82. The second-order valence-electron chi connectivity index (χ2n) is 6.15. The summed E-state index contributed by atoms with van der Waals surface area (Å²) >= 11 is 1.32. The van der Waals surface area contributed by atoms with E-state index in [9.17, 15) is 9.59 Å². The second kappa shape index (κ2) is 10.1. The lowest BCUT2D eigenvalue weighted by Crippen LogP contribution is -2.45. The van der Waals surface area contributed by atoms with E-state index in [1.54, 1.807) is 36.4 Å². The number of hydrogen-bond donors (Lipinski definition) is 2. The Morgan fingerprint density at radius 3 is 2.45 bits per heavy atom. The van der Waals surface area contributed by atoms with Crippen molar-refractivity contribution in [2.24, 2.45) is 0 Å². The predicted octanol–water partition coefficient (Wildman–Crippen LogP) is 3.63. The maximum atomic E-state index is 12.9. The first-order chi connectivity index (χ1) is 14.2. The number of carbonyl (C=O) groups excluding carboxylic acids is 2. The Bertz CT molecular complexity index is 980. The highest BCUT2D eigenvalue weighted by atomic mass is 32.1. The average molecular weight is 405 g/mol. The molecule has 6 nitrogen and oxygen atoms in total. The molecule has 2 amide bonds. The molecule has 7 heteroatoms. The van der Waals surface area contributed by atoms with Gasteiger partial charge in [-0.25, -0.2) is 0 Å². The lowest BCUT2D eigenvalue weighted by atomic mass is 10.0. The van der Waals surface area contributed by atoms with E-state index in [4.69, 9.17) is 10.00 Å². The number of ether oxygens (including phenoxy) is 1. The van der Waals surface area contributed by atoms with Crippen molar-refractivity contribution in [3.05, 3.63) is 82.6 Å². The summed E-state index contributed by atoms with van der Waals surface area (Å²) in [7, 11) is 0. The molecule has 3 aromatic rings. The summed E-state index contributed by atoms with van der Waals surface area (Å²) in [6, 6.07) is 20.9. The Morgan fingerprint density at radius 1 is 1.03 bits per heavy atom. The number of carbonyl (C=O) groups is 2. The minimum absolute atomic E-state index is 0.0421. The summed E-state index contributed by atoms with van der Waals surface area (Å²) < 4.78 is 5.21. The van der Waals surface area contributed by atoms with Crippen LogP contribution >= 0.6 is 11.3 Å². The van der Waals surface area contributed by atoms with Crippen LogP contribution in [0.1, 0.15) is 15.2 Å². The summed E-state index contributed by atoms with van der Waals surface area (Å²) in [6.07, 6.45) is 0.368. The van der Waals surface area contributed by atoms with Crippen molar-refractivity contribution in [2.45, 2.75) is 12.5 Å². The van der Waals surface area contributed by atoms with Crippen LogP contribution in [0.2, 0.25) is 0 Å². The van der Waals surface area contributed by atoms with Crippen LogP contribution in [-0.4, -0.2) is 24.5 Å². The molecule has 0 spiro atoms. The number of benzene rings is 2. The van der Waals surface area contributed by atoms with E-state index in [1.165, 1.54) is 11.3 Å². The Labute approximate surface area is 172 Å². The van der Waals surface area contributed by atoms with Crippen LogP contribution in [0.15, 0.2) is 72.1 Å². The van der Waals surface area contributed by atoms with Crippen LogP contribution in [0.4, 0.5) is 5.69 Å². The topological polar surface area (TPSA) is 91.2 Å². The van der Waals surface area contributed by atoms with Gasteiger partial charge >= 0.3 is 0 Å². The van der Waals surface area contributed by atoms with Gasteiger partial charge in [-0.1, -0.05) is 36.4 Å². The van der Waals surface area contributed by atoms with Crippen LogP contribution in [0.5, 0.6) is 5.75 Å². The SMILES string of the molecule is N#CCOc1ccc(NC(=O)[C@H](Cc2ccccc2)NC(=O)c2cccs2)cc1. The zero-order valence-corrected chi connectivity index (χ0v) is 16.3. The van der Waals surface area contributed by atoms with E-state index >= 15 is 0 Å². The van der Waals surface area contributed by atoms with E-state index < -0.39 is 6.04 Å². The van der Waals surface area contributed by atoms with Crippen molar-refractivity contribution in [2.75, 3.05) is 11.9 Å². The van der Waals surface area contributed by atoms with Gasteiger partial charge in [0.2, 0.25) is 5.91 Å². The van der Waals surface area contributed by atoms with Gasteiger partial charge in [-0.05, 0) is 41.3 Å². The molecule has 2 aromatic carbocycles. The summed E-state index contributed by atoms with van der Waals surface area (Å²) in [5.41, 5.74) is 1.52. The molecule has 0 fully saturated rings. The molecule has 0 unspecified atom stereocenters. The van der Waals surface area contributed by atoms with Crippen LogP contribution in [0.25, 0.3) is 0 Å². The van der Waals surface area contributed by atoms with Gasteiger partial charge in [0.05, 0.1) is 4.88 Å². The van der Waals surface area contributed by atoms with Crippen LogP contribution in [0.3, 0.4) is 0 Å². The second-order valence-corrected chi connectivity index (χ2v) is 7.10. The van der Waals surface area contributed by atoms with Gasteiger partial charge in [0, 0.05) is 12.1 Å². The number of thiophene rings is 1. The van der Waals surface area contributed by atoms with Crippen molar-refractivity contribution >= 4 is 28.8 Å². The van der Waals surface area contributed by atoms with E-state index in [0.717, 1.165) is 5.56 Å². The molecule has 3 rings (SSSR count). The first-order valence-electron chi connectivity index (χ1n) is 8.94. The zero-order chi connectivity index (χ0) is 20.5. The Balaban J connectivity index is 1.71. The molecule has 0 bridgehead atoms. The summed E-state index contributed by atoms with van der Waals surface area (Å²) in [6.45, 7) is -0.0421. The summed E-state index contributed by atoms with van der Waals surface area (Å²) in [4.78, 5) is 25.9. The number of rotatable bonds is 8. The normalized spacial score (nSPS) is 11.1. The lowest BCUT2D eigenvalue weighted by molar-refractivity contribution is -0.118. The number of anilines is 1. The minimum Gasteiger partial charge on any atom is -0.479 e. The Kier molecular flexibility index (Phi) is 6.98. The molecule has 0 aliphatic rings. The fourth-order valence-electron chi connectivity index (χ4n) is 2.68. The van der Waals surface area contributed by atoms with Gasteiger partial charge in [0.15, 0.2) is 6.61 Å². The van der Waals surface area contributed by atoms with E-state index in [1.807, 2.05) is 41.8 Å². The quantitative estimate of drug-likeness (QED) is 0.599. The lowest BCUT2D eigenvalue weighted by Gasteiger charge is -2.18. The largest absolute Gasteiger partial charge is 0.479 e. The van der Waals surface area contributed by atoms with Gasteiger partial charge in [-0.3, -0.25) is 9.59 Å². The fraction of sp³-hybridized carbons (Fsp3) is 0.136. The van der Waals surface area contributed by atoms with Gasteiger partial charge < -0.3 is 15.4 Å². The molecule has 1 aromatic heterocycles. The minimum atomic E-state index is -0.735. The monoisotopic (exact) mass is 405 g/mol. The number of amides is 2. The highest BCUT2D eigenvalue weighted by Crippen LogP contribution is 2.17. The summed E-state index contributed by atoms with van der Waals surface area (Å²) in [5, 5.41) is 16.0. The maximum Gasteiger partial charge on any atom is 0.262 e. The van der Waals surface area contributed by atoms with Crippen molar-refractivity contribution < 1.29 is 14.3 Å². The van der Waals surface area contributed by atoms with Gasteiger partial charge in [0.1, 0.15) is 17.9 Å². The van der Waals surface area contributed by atoms with Crippen LogP contribution in [-0.2, 0) is 11.2 Å². The van der Waals surface area contributed by atoms with E-state index in [-0.39, 0.29) is 18.4 Å². The van der Waals surface area contributed by atoms with Crippen molar-refractivity contribution in [1.29, 1.82) is 5.26 Å². The van der Waals surface area contributed by atoms with E-state index in [0.29, 0.717) is 22.7 Å². The summed E-state index contributed by atoms with van der Waals surface area (Å²) in [5.74, 6) is -0.0582. The van der Waals surface area contributed by atoms with Gasteiger partial charge in [0.25, 0.3) is 5.91 Å². The maximum absolute atomic E-state index is 12.9.